The highest BCUT2D eigenvalue weighted by molar-refractivity contribution is 7.11. The zero-order valence-electron chi connectivity index (χ0n) is 12.1. The van der Waals surface area contributed by atoms with Crippen LogP contribution in [0.2, 0.25) is 0 Å². The second kappa shape index (κ2) is 5.52. The minimum atomic E-state index is -1.03. The predicted octanol–water partition coefficient (Wildman–Crippen LogP) is 3.08. The maximum atomic E-state index is 12.8. The van der Waals surface area contributed by atoms with Gasteiger partial charge in [0.1, 0.15) is 10.6 Å². The Labute approximate surface area is 122 Å². The van der Waals surface area contributed by atoms with Crippen molar-refractivity contribution in [1.29, 1.82) is 0 Å². The topological polar surface area (TPSA) is 70.5 Å². The van der Waals surface area contributed by atoms with Gasteiger partial charge in [0.2, 0.25) is 5.91 Å². The highest BCUT2D eigenvalue weighted by Crippen LogP contribution is 2.43. The van der Waals surface area contributed by atoms with Crippen molar-refractivity contribution < 1.29 is 14.7 Å². The summed E-state index contributed by atoms with van der Waals surface area (Å²) < 4.78 is 4.08. The molecule has 1 saturated carbocycles. The minimum Gasteiger partial charge on any atom is -0.478 e. The zero-order valence-corrected chi connectivity index (χ0v) is 12.9. The molecule has 6 heteroatoms. The Balaban J connectivity index is 2.34. The van der Waals surface area contributed by atoms with Gasteiger partial charge in [-0.2, -0.15) is 4.37 Å². The number of nitrogens with zero attached hydrogens (tertiary/aromatic N) is 2. The fourth-order valence-corrected chi connectivity index (χ4v) is 3.90. The SMILES string of the molecule is CCC1(C(=O)N(C)c2snc(C)c2C(=O)O)CCCC1. The van der Waals surface area contributed by atoms with Gasteiger partial charge in [0, 0.05) is 12.5 Å². The molecule has 0 spiro atoms. The van der Waals surface area contributed by atoms with Gasteiger partial charge in [0.05, 0.1) is 5.69 Å². The molecule has 1 aliphatic carbocycles. The van der Waals surface area contributed by atoms with Gasteiger partial charge in [-0.3, -0.25) is 4.79 Å². The van der Waals surface area contributed by atoms with Crippen LogP contribution in [0, 0.1) is 12.3 Å². The summed E-state index contributed by atoms with van der Waals surface area (Å²) in [7, 11) is 1.66. The number of carboxylic acid groups (broad SMARTS) is 1. The van der Waals surface area contributed by atoms with Gasteiger partial charge >= 0.3 is 5.97 Å². The van der Waals surface area contributed by atoms with E-state index < -0.39 is 5.97 Å². The van der Waals surface area contributed by atoms with Gasteiger partial charge in [0.15, 0.2) is 0 Å². The van der Waals surface area contributed by atoms with E-state index in [1.54, 1.807) is 14.0 Å². The quantitative estimate of drug-likeness (QED) is 0.927. The number of aryl methyl sites for hydroxylation is 1. The highest BCUT2D eigenvalue weighted by atomic mass is 32.1. The van der Waals surface area contributed by atoms with Crippen molar-refractivity contribution in [2.75, 3.05) is 11.9 Å². The highest BCUT2D eigenvalue weighted by Gasteiger charge is 2.42. The van der Waals surface area contributed by atoms with Crippen LogP contribution in [-0.4, -0.2) is 28.4 Å². The molecule has 1 fully saturated rings. The first-order valence-corrected chi connectivity index (χ1v) is 7.68. The Morgan fingerprint density at radius 2 is 2.00 bits per heavy atom. The van der Waals surface area contributed by atoms with E-state index in [-0.39, 0.29) is 16.9 Å². The molecule has 20 heavy (non-hydrogen) atoms. The number of hydrogen-bond donors (Lipinski definition) is 1. The van der Waals surface area contributed by atoms with Gasteiger partial charge in [0.25, 0.3) is 0 Å². The standard InChI is InChI=1S/C14H20N2O3S/c1-4-14(7-5-6-8-14)13(19)16(3)11-10(12(17)18)9(2)15-20-11/h4-8H2,1-3H3,(H,17,18). The molecule has 2 rings (SSSR count). The van der Waals surface area contributed by atoms with E-state index in [2.05, 4.69) is 4.37 Å². The number of hydrogen-bond acceptors (Lipinski definition) is 4. The van der Waals surface area contributed by atoms with Gasteiger partial charge in [-0.05, 0) is 37.7 Å². The molecule has 110 valence electrons. The number of carboxylic acids is 1. The molecule has 0 atom stereocenters. The van der Waals surface area contributed by atoms with E-state index >= 15 is 0 Å². The lowest BCUT2D eigenvalue weighted by Gasteiger charge is -2.30. The van der Waals surface area contributed by atoms with Crippen LogP contribution >= 0.6 is 11.5 Å². The summed E-state index contributed by atoms with van der Waals surface area (Å²) in [4.78, 5) is 25.6. The fraction of sp³-hybridized carbons (Fsp3) is 0.643. The van der Waals surface area contributed by atoms with Crippen LogP contribution in [-0.2, 0) is 4.79 Å². The van der Waals surface area contributed by atoms with E-state index in [4.69, 9.17) is 0 Å². The first kappa shape index (κ1) is 15.0. The number of rotatable bonds is 4. The molecule has 0 radical (unpaired) electrons. The summed E-state index contributed by atoms with van der Waals surface area (Å²) in [5, 5.41) is 9.73. The number of aromatic nitrogens is 1. The molecular formula is C14H20N2O3S. The van der Waals surface area contributed by atoms with Crippen molar-refractivity contribution in [2.24, 2.45) is 5.41 Å². The van der Waals surface area contributed by atoms with E-state index in [9.17, 15) is 14.7 Å². The van der Waals surface area contributed by atoms with Crippen LogP contribution < -0.4 is 4.90 Å². The molecule has 0 bridgehead atoms. The maximum Gasteiger partial charge on any atom is 0.340 e. The van der Waals surface area contributed by atoms with Gasteiger partial charge in [-0.1, -0.05) is 19.8 Å². The minimum absolute atomic E-state index is 0.0312. The van der Waals surface area contributed by atoms with Crippen molar-refractivity contribution in [2.45, 2.75) is 46.0 Å². The molecule has 1 N–H and O–H groups in total. The summed E-state index contributed by atoms with van der Waals surface area (Å²) in [5.74, 6) is -0.994. The molecule has 0 aliphatic heterocycles. The molecule has 0 aromatic carbocycles. The molecule has 0 saturated heterocycles. The first-order valence-electron chi connectivity index (χ1n) is 6.90. The lowest BCUT2D eigenvalue weighted by molar-refractivity contribution is -0.127. The summed E-state index contributed by atoms with van der Waals surface area (Å²) in [6, 6.07) is 0. The largest absolute Gasteiger partial charge is 0.478 e. The smallest absolute Gasteiger partial charge is 0.340 e. The van der Waals surface area contributed by atoms with Crippen LogP contribution in [0.3, 0.4) is 0 Å². The molecule has 1 aliphatic rings. The van der Waals surface area contributed by atoms with E-state index in [0.717, 1.165) is 43.6 Å². The van der Waals surface area contributed by atoms with E-state index in [1.807, 2.05) is 6.92 Å². The van der Waals surface area contributed by atoms with Crippen LogP contribution in [0.25, 0.3) is 0 Å². The Morgan fingerprint density at radius 1 is 1.40 bits per heavy atom. The van der Waals surface area contributed by atoms with Crippen LogP contribution in [0.4, 0.5) is 5.00 Å². The number of anilines is 1. The summed E-state index contributed by atoms with van der Waals surface area (Å²) in [5.41, 5.74) is 0.298. The van der Waals surface area contributed by atoms with Crippen molar-refractivity contribution >= 4 is 28.4 Å². The fourth-order valence-electron chi connectivity index (χ4n) is 3.05. The van der Waals surface area contributed by atoms with Crippen molar-refractivity contribution in [3.8, 4) is 0 Å². The number of aromatic carboxylic acids is 1. The third-order valence-corrected chi connectivity index (χ3v) is 5.38. The monoisotopic (exact) mass is 296 g/mol. The van der Waals surface area contributed by atoms with Gasteiger partial charge in [-0.25, -0.2) is 4.79 Å². The molecular weight excluding hydrogens is 276 g/mol. The van der Waals surface area contributed by atoms with Crippen LogP contribution in [0.15, 0.2) is 0 Å². The Kier molecular flexibility index (Phi) is 4.13. The van der Waals surface area contributed by atoms with E-state index in [0.29, 0.717) is 10.7 Å². The molecule has 1 amide bonds. The van der Waals surface area contributed by atoms with Crippen molar-refractivity contribution in [1.82, 2.24) is 4.37 Å². The van der Waals surface area contributed by atoms with Gasteiger partial charge < -0.3 is 10.0 Å². The zero-order chi connectivity index (χ0) is 14.9. The number of carbonyl (C=O) groups excluding carboxylic acids is 1. The van der Waals surface area contributed by atoms with Crippen molar-refractivity contribution in [3.05, 3.63) is 11.3 Å². The average molecular weight is 296 g/mol. The molecule has 5 nitrogen and oxygen atoms in total. The Bertz CT molecular complexity index is 533. The predicted molar refractivity (Wildman–Crippen MR) is 78.4 cm³/mol. The average Bonchev–Trinajstić information content (AvgIpc) is 3.04. The lowest BCUT2D eigenvalue weighted by atomic mass is 9.82. The Hall–Kier alpha value is -1.43. The van der Waals surface area contributed by atoms with Crippen molar-refractivity contribution in [3.63, 3.8) is 0 Å². The molecule has 1 aromatic rings. The molecule has 0 unspecified atom stereocenters. The summed E-state index contributed by atoms with van der Waals surface area (Å²) in [6.07, 6.45) is 4.73. The number of amides is 1. The molecule has 1 aromatic heterocycles. The second-order valence-electron chi connectivity index (χ2n) is 5.46. The van der Waals surface area contributed by atoms with Crippen LogP contribution in [0.1, 0.15) is 55.1 Å². The normalized spacial score (nSPS) is 17.1. The first-order chi connectivity index (χ1) is 9.43. The number of carbonyl (C=O) groups is 2. The second-order valence-corrected chi connectivity index (χ2v) is 6.21. The third-order valence-electron chi connectivity index (χ3n) is 4.36. The lowest BCUT2D eigenvalue weighted by Crippen LogP contribution is -2.40. The molecule has 1 heterocycles. The Morgan fingerprint density at radius 3 is 2.50 bits per heavy atom. The summed E-state index contributed by atoms with van der Waals surface area (Å²) in [6.45, 7) is 3.69. The van der Waals surface area contributed by atoms with Gasteiger partial charge in [-0.15, -0.1) is 0 Å². The summed E-state index contributed by atoms with van der Waals surface area (Å²) >= 11 is 1.08. The third kappa shape index (κ3) is 2.32. The maximum absolute atomic E-state index is 12.8. The van der Waals surface area contributed by atoms with Crippen LogP contribution in [0.5, 0.6) is 0 Å². The van der Waals surface area contributed by atoms with E-state index in [1.165, 1.54) is 4.90 Å².